The average molecular weight is 252 g/mol. The van der Waals surface area contributed by atoms with E-state index in [1.807, 2.05) is 30.3 Å². The summed E-state index contributed by atoms with van der Waals surface area (Å²) in [5, 5.41) is 0. The van der Waals surface area contributed by atoms with Crippen LogP contribution in [0.15, 0.2) is 30.3 Å². The third-order valence-electron chi connectivity index (χ3n) is 3.34. The summed E-state index contributed by atoms with van der Waals surface area (Å²) < 4.78 is 22.3. The lowest BCUT2D eigenvalue weighted by molar-refractivity contribution is -0.305. The minimum atomic E-state index is -0.687. The number of methoxy groups -OCH3 is 2. The van der Waals surface area contributed by atoms with Crippen LogP contribution in [0, 0.1) is 0 Å². The van der Waals surface area contributed by atoms with Gasteiger partial charge in [0.1, 0.15) is 6.10 Å². The molecule has 1 fully saturated rings. The summed E-state index contributed by atoms with van der Waals surface area (Å²) in [5.74, 6) is -0.687. The predicted octanol–water partition coefficient (Wildman–Crippen LogP) is 1.98. The average Bonchev–Trinajstić information content (AvgIpc) is 2.46. The maximum Gasteiger partial charge on any atom is 0.198 e. The minimum Gasteiger partial charge on any atom is -0.378 e. The topological polar surface area (TPSA) is 36.9 Å². The quantitative estimate of drug-likeness (QED) is 0.751. The van der Waals surface area contributed by atoms with Crippen LogP contribution in [0.25, 0.3) is 0 Å². The van der Waals surface area contributed by atoms with Crippen molar-refractivity contribution < 1.29 is 18.9 Å². The second-order valence-electron chi connectivity index (χ2n) is 4.33. The first-order valence-electron chi connectivity index (χ1n) is 6.14. The molecule has 1 saturated heterocycles. The van der Waals surface area contributed by atoms with E-state index in [1.165, 1.54) is 0 Å². The Balaban J connectivity index is 1.98. The van der Waals surface area contributed by atoms with Crippen molar-refractivity contribution >= 4 is 0 Å². The Morgan fingerprint density at radius 3 is 2.61 bits per heavy atom. The Kier molecular flexibility index (Phi) is 4.72. The molecular formula is C14H20O4. The van der Waals surface area contributed by atoms with E-state index in [0.717, 1.165) is 5.56 Å². The van der Waals surface area contributed by atoms with Crippen LogP contribution >= 0.6 is 0 Å². The molecule has 1 aromatic rings. The highest BCUT2D eigenvalue weighted by molar-refractivity contribution is 5.13. The van der Waals surface area contributed by atoms with Crippen molar-refractivity contribution in [2.75, 3.05) is 27.4 Å². The van der Waals surface area contributed by atoms with Crippen LogP contribution in [0.5, 0.6) is 0 Å². The van der Waals surface area contributed by atoms with Crippen molar-refractivity contribution in [2.45, 2.75) is 24.9 Å². The summed E-state index contributed by atoms with van der Waals surface area (Å²) in [4.78, 5) is 0. The van der Waals surface area contributed by atoms with Gasteiger partial charge in [0, 0.05) is 20.6 Å². The van der Waals surface area contributed by atoms with Gasteiger partial charge in [-0.1, -0.05) is 30.3 Å². The molecule has 2 rings (SSSR count). The summed E-state index contributed by atoms with van der Waals surface area (Å²) >= 11 is 0. The van der Waals surface area contributed by atoms with Gasteiger partial charge in [0.05, 0.1) is 19.8 Å². The lowest BCUT2D eigenvalue weighted by atomic mass is 10.0. The molecule has 1 aliphatic heterocycles. The van der Waals surface area contributed by atoms with Gasteiger partial charge in [-0.25, -0.2) is 0 Å². The Morgan fingerprint density at radius 1 is 1.22 bits per heavy atom. The van der Waals surface area contributed by atoms with Crippen LogP contribution in [0.4, 0.5) is 0 Å². The van der Waals surface area contributed by atoms with E-state index in [0.29, 0.717) is 26.2 Å². The van der Waals surface area contributed by atoms with E-state index in [-0.39, 0.29) is 6.10 Å². The van der Waals surface area contributed by atoms with E-state index in [1.54, 1.807) is 14.2 Å². The van der Waals surface area contributed by atoms with Crippen molar-refractivity contribution in [1.29, 1.82) is 0 Å². The highest BCUT2D eigenvalue weighted by atomic mass is 16.7. The zero-order valence-corrected chi connectivity index (χ0v) is 10.9. The molecule has 0 radical (unpaired) electrons. The lowest BCUT2D eigenvalue weighted by Crippen LogP contribution is -2.53. The number of hydrogen-bond acceptors (Lipinski definition) is 4. The normalized spacial score (nSPS) is 22.9. The summed E-state index contributed by atoms with van der Waals surface area (Å²) in [6, 6.07) is 10.0. The van der Waals surface area contributed by atoms with Crippen molar-refractivity contribution in [3.63, 3.8) is 0 Å². The highest BCUT2D eigenvalue weighted by Gasteiger charge is 2.43. The second-order valence-corrected chi connectivity index (χ2v) is 4.33. The Bertz CT molecular complexity index is 348. The van der Waals surface area contributed by atoms with Gasteiger partial charge in [-0.2, -0.15) is 0 Å². The molecule has 18 heavy (non-hydrogen) atoms. The molecule has 4 heteroatoms. The standard InChI is InChI=1S/C14H20O4/c1-15-14(16-2)8-9-17-11-13(14)18-10-12-6-4-3-5-7-12/h3-7,13H,8-11H2,1-2H3. The number of rotatable bonds is 5. The zero-order valence-electron chi connectivity index (χ0n) is 10.9. The van der Waals surface area contributed by atoms with Gasteiger partial charge >= 0.3 is 0 Å². The maximum absolute atomic E-state index is 5.89. The second kappa shape index (κ2) is 6.29. The predicted molar refractivity (Wildman–Crippen MR) is 67.2 cm³/mol. The van der Waals surface area contributed by atoms with Gasteiger partial charge in [-0.15, -0.1) is 0 Å². The van der Waals surface area contributed by atoms with Crippen LogP contribution in [0.2, 0.25) is 0 Å². The van der Waals surface area contributed by atoms with Gasteiger partial charge in [0.25, 0.3) is 0 Å². The van der Waals surface area contributed by atoms with Gasteiger partial charge in [0.2, 0.25) is 0 Å². The largest absolute Gasteiger partial charge is 0.378 e. The molecule has 0 aromatic heterocycles. The number of benzene rings is 1. The molecule has 0 N–H and O–H groups in total. The van der Waals surface area contributed by atoms with Crippen molar-refractivity contribution in [3.8, 4) is 0 Å². The first-order valence-corrected chi connectivity index (χ1v) is 6.14. The fraction of sp³-hybridized carbons (Fsp3) is 0.571. The van der Waals surface area contributed by atoms with Crippen LogP contribution in [0.3, 0.4) is 0 Å². The van der Waals surface area contributed by atoms with Gasteiger partial charge in [-0.05, 0) is 5.56 Å². The van der Waals surface area contributed by atoms with Gasteiger partial charge in [0.15, 0.2) is 5.79 Å². The number of ether oxygens (including phenoxy) is 4. The Morgan fingerprint density at radius 2 is 1.94 bits per heavy atom. The van der Waals surface area contributed by atoms with E-state index in [9.17, 15) is 0 Å². The summed E-state index contributed by atoms with van der Waals surface area (Å²) in [6.07, 6.45) is 0.473. The molecule has 1 heterocycles. The Hall–Kier alpha value is -0.940. The first-order chi connectivity index (χ1) is 8.80. The molecule has 1 unspecified atom stereocenters. The van der Waals surface area contributed by atoms with E-state index < -0.39 is 5.79 Å². The zero-order chi connectivity index (χ0) is 12.8. The molecule has 0 aliphatic carbocycles. The van der Waals surface area contributed by atoms with Crippen molar-refractivity contribution in [2.24, 2.45) is 0 Å². The molecule has 1 atom stereocenters. The lowest BCUT2D eigenvalue weighted by Gasteiger charge is -2.40. The molecule has 0 amide bonds. The molecular weight excluding hydrogens is 232 g/mol. The number of hydrogen-bond donors (Lipinski definition) is 0. The molecule has 100 valence electrons. The van der Waals surface area contributed by atoms with Gasteiger partial charge in [-0.3, -0.25) is 0 Å². The fourth-order valence-corrected chi connectivity index (χ4v) is 2.19. The molecule has 0 saturated carbocycles. The van der Waals surface area contributed by atoms with E-state index in [4.69, 9.17) is 18.9 Å². The van der Waals surface area contributed by atoms with E-state index >= 15 is 0 Å². The van der Waals surface area contributed by atoms with Crippen LogP contribution in [0.1, 0.15) is 12.0 Å². The maximum atomic E-state index is 5.89. The first kappa shape index (κ1) is 13.5. The fourth-order valence-electron chi connectivity index (χ4n) is 2.19. The monoisotopic (exact) mass is 252 g/mol. The van der Waals surface area contributed by atoms with Crippen LogP contribution in [-0.2, 0) is 25.6 Å². The SMILES string of the molecule is COC1(OC)CCOCC1OCc1ccccc1. The Labute approximate surface area is 108 Å². The van der Waals surface area contributed by atoms with Crippen LogP contribution in [-0.4, -0.2) is 39.3 Å². The highest BCUT2D eigenvalue weighted by Crippen LogP contribution is 2.28. The van der Waals surface area contributed by atoms with Crippen LogP contribution < -0.4 is 0 Å². The van der Waals surface area contributed by atoms with Crippen molar-refractivity contribution in [3.05, 3.63) is 35.9 Å². The van der Waals surface area contributed by atoms with Gasteiger partial charge < -0.3 is 18.9 Å². The minimum absolute atomic E-state index is 0.207. The third kappa shape index (κ3) is 2.90. The van der Waals surface area contributed by atoms with E-state index in [2.05, 4.69) is 0 Å². The molecule has 4 nitrogen and oxygen atoms in total. The molecule has 0 bridgehead atoms. The summed E-state index contributed by atoms with van der Waals surface area (Å²) in [6.45, 7) is 1.66. The summed E-state index contributed by atoms with van der Waals surface area (Å²) in [5.41, 5.74) is 1.13. The third-order valence-corrected chi connectivity index (χ3v) is 3.34. The molecule has 1 aromatic carbocycles. The summed E-state index contributed by atoms with van der Waals surface area (Å²) in [7, 11) is 3.29. The molecule has 0 spiro atoms. The smallest absolute Gasteiger partial charge is 0.198 e. The molecule has 1 aliphatic rings. The van der Waals surface area contributed by atoms with Crippen molar-refractivity contribution in [1.82, 2.24) is 0 Å².